The summed E-state index contributed by atoms with van der Waals surface area (Å²) in [5.41, 5.74) is 0.315. The number of hydrogen-bond donors (Lipinski definition) is 1. The second-order valence-electron chi connectivity index (χ2n) is 7.28. The van der Waals surface area contributed by atoms with Crippen LogP contribution in [0.5, 0.6) is 0 Å². The minimum absolute atomic E-state index is 0.164. The lowest BCUT2D eigenvalue weighted by Gasteiger charge is -2.22. The van der Waals surface area contributed by atoms with Crippen molar-refractivity contribution in [1.82, 2.24) is 4.90 Å². The molecule has 0 aliphatic carbocycles. The fourth-order valence-electron chi connectivity index (χ4n) is 2.75. The number of likely N-dealkylation sites (tertiary alicyclic amines) is 1. The third kappa shape index (κ3) is 6.31. The number of rotatable bonds is 6. The average molecular weight is 365 g/mol. The van der Waals surface area contributed by atoms with Gasteiger partial charge in [0.25, 0.3) is 0 Å². The van der Waals surface area contributed by atoms with E-state index in [1.165, 1.54) is 4.90 Å². The van der Waals surface area contributed by atoms with Crippen molar-refractivity contribution in [3.05, 3.63) is 35.9 Å². The number of ether oxygens (including phenoxy) is 3. The molecule has 1 saturated heterocycles. The molecule has 0 spiro atoms. The fraction of sp³-hybridized carbons (Fsp3) is 0.579. The van der Waals surface area contributed by atoms with Crippen LogP contribution in [-0.4, -0.2) is 59.6 Å². The minimum atomic E-state index is -0.572. The van der Waals surface area contributed by atoms with Crippen LogP contribution in [0.3, 0.4) is 0 Å². The number of benzene rings is 1. The molecule has 1 amide bonds. The second kappa shape index (κ2) is 9.00. The maximum Gasteiger partial charge on any atom is 0.410 e. The topological polar surface area (TPSA) is 85.3 Å². The summed E-state index contributed by atoms with van der Waals surface area (Å²) < 4.78 is 16.1. The van der Waals surface area contributed by atoms with Crippen LogP contribution < -0.4 is 0 Å². The summed E-state index contributed by atoms with van der Waals surface area (Å²) in [4.78, 5) is 25.5. The van der Waals surface area contributed by atoms with Gasteiger partial charge in [-0.3, -0.25) is 0 Å². The zero-order valence-corrected chi connectivity index (χ0v) is 15.5. The van der Waals surface area contributed by atoms with Crippen molar-refractivity contribution >= 4 is 12.1 Å². The number of carbonyl (C=O) groups is 2. The van der Waals surface area contributed by atoms with Gasteiger partial charge in [0.1, 0.15) is 18.8 Å². The molecule has 1 fully saturated rings. The molecular weight excluding hydrogens is 338 g/mol. The molecule has 2 atom stereocenters. The third-order valence-electron chi connectivity index (χ3n) is 3.88. The van der Waals surface area contributed by atoms with Crippen LogP contribution in [0.2, 0.25) is 0 Å². The van der Waals surface area contributed by atoms with Crippen molar-refractivity contribution < 1.29 is 28.9 Å². The van der Waals surface area contributed by atoms with Crippen LogP contribution >= 0.6 is 0 Å². The number of aliphatic hydroxyl groups excluding tert-OH is 1. The van der Waals surface area contributed by atoms with Crippen LogP contribution in [0.1, 0.15) is 32.8 Å². The first-order chi connectivity index (χ1) is 12.3. The summed E-state index contributed by atoms with van der Waals surface area (Å²) in [6, 6.07) is 8.98. The molecule has 26 heavy (non-hydrogen) atoms. The summed E-state index contributed by atoms with van der Waals surface area (Å²) >= 11 is 0. The SMILES string of the molecule is CC(C)(C)OC(=O)CO[C@@H]1C[C@@H](CO)N(C(=O)OCc2ccccc2)C1. The lowest BCUT2D eigenvalue weighted by atomic mass is 10.2. The first-order valence-electron chi connectivity index (χ1n) is 8.70. The van der Waals surface area contributed by atoms with E-state index < -0.39 is 17.7 Å². The molecule has 144 valence electrons. The number of hydrogen-bond acceptors (Lipinski definition) is 6. The van der Waals surface area contributed by atoms with Gasteiger partial charge in [0, 0.05) is 0 Å². The summed E-state index contributed by atoms with van der Waals surface area (Å²) in [5, 5.41) is 9.52. The smallest absolute Gasteiger partial charge is 0.410 e. The van der Waals surface area contributed by atoms with E-state index in [0.29, 0.717) is 6.42 Å². The predicted octanol–water partition coefficient (Wildman–Crippen LogP) is 2.12. The van der Waals surface area contributed by atoms with E-state index in [-0.39, 0.29) is 38.5 Å². The number of nitrogens with zero attached hydrogens (tertiary/aromatic N) is 1. The number of amides is 1. The van der Waals surface area contributed by atoms with Gasteiger partial charge in [-0.05, 0) is 32.8 Å². The highest BCUT2D eigenvalue weighted by Crippen LogP contribution is 2.22. The van der Waals surface area contributed by atoms with Gasteiger partial charge in [-0.1, -0.05) is 30.3 Å². The summed E-state index contributed by atoms with van der Waals surface area (Å²) in [6.07, 6.45) is -0.403. The Hall–Kier alpha value is -2.12. The quantitative estimate of drug-likeness (QED) is 0.777. The van der Waals surface area contributed by atoms with Crippen molar-refractivity contribution in [2.75, 3.05) is 19.8 Å². The van der Waals surface area contributed by atoms with E-state index in [4.69, 9.17) is 14.2 Å². The van der Waals surface area contributed by atoms with E-state index in [1.807, 2.05) is 30.3 Å². The highest BCUT2D eigenvalue weighted by molar-refractivity contribution is 5.71. The monoisotopic (exact) mass is 365 g/mol. The van der Waals surface area contributed by atoms with Crippen LogP contribution in [0.4, 0.5) is 4.79 Å². The number of aliphatic hydroxyl groups is 1. The molecule has 1 aliphatic heterocycles. The Morgan fingerprint density at radius 1 is 1.23 bits per heavy atom. The van der Waals surface area contributed by atoms with Crippen molar-refractivity contribution in [3.8, 4) is 0 Å². The lowest BCUT2D eigenvalue weighted by molar-refractivity contribution is -0.162. The Balaban J connectivity index is 1.81. The van der Waals surface area contributed by atoms with E-state index in [1.54, 1.807) is 20.8 Å². The van der Waals surface area contributed by atoms with Gasteiger partial charge in [-0.2, -0.15) is 0 Å². The van der Waals surface area contributed by atoms with Crippen molar-refractivity contribution in [2.24, 2.45) is 0 Å². The van der Waals surface area contributed by atoms with Gasteiger partial charge in [0.15, 0.2) is 0 Å². The highest BCUT2D eigenvalue weighted by Gasteiger charge is 2.36. The zero-order valence-electron chi connectivity index (χ0n) is 15.5. The van der Waals surface area contributed by atoms with Gasteiger partial charge < -0.3 is 24.2 Å². The molecule has 1 N–H and O–H groups in total. The molecule has 1 aromatic rings. The van der Waals surface area contributed by atoms with Gasteiger partial charge in [-0.25, -0.2) is 9.59 Å². The fourth-order valence-corrected chi connectivity index (χ4v) is 2.75. The predicted molar refractivity (Wildman–Crippen MR) is 94.4 cm³/mol. The molecule has 1 aliphatic rings. The average Bonchev–Trinajstić information content (AvgIpc) is 3.01. The summed E-state index contributed by atoms with van der Waals surface area (Å²) in [6.45, 7) is 5.41. The van der Waals surface area contributed by atoms with E-state index in [2.05, 4.69) is 0 Å². The zero-order chi connectivity index (χ0) is 19.2. The van der Waals surface area contributed by atoms with Crippen molar-refractivity contribution in [1.29, 1.82) is 0 Å². The Labute approximate surface area is 153 Å². The van der Waals surface area contributed by atoms with Crippen LogP contribution in [0.15, 0.2) is 30.3 Å². The van der Waals surface area contributed by atoms with Gasteiger partial charge in [0.05, 0.1) is 25.3 Å². The molecule has 0 bridgehead atoms. The normalized spacial score (nSPS) is 20.1. The highest BCUT2D eigenvalue weighted by atomic mass is 16.6. The van der Waals surface area contributed by atoms with Crippen molar-refractivity contribution in [3.63, 3.8) is 0 Å². The molecule has 2 rings (SSSR count). The molecule has 7 nitrogen and oxygen atoms in total. The maximum absolute atomic E-state index is 12.3. The van der Waals surface area contributed by atoms with Gasteiger partial charge in [0.2, 0.25) is 0 Å². The number of esters is 1. The summed E-state index contributed by atoms with van der Waals surface area (Å²) in [7, 11) is 0. The molecule has 7 heteroatoms. The second-order valence-corrected chi connectivity index (χ2v) is 7.28. The molecular formula is C19H27NO6. The molecule has 1 heterocycles. The molecule has 0 saturated carbocycles. The first-order valence-corrected chi connectivity index (χ1v) is 8.70. The van der Waals surface area contributed by atoms with E-state index in [0.717, 1.165) is 5.56 Å². The van der Waals surface area contributed by atoms with E-state index >= 15 is 0 Å². The lowest BCUT2D eigenvalue weighted by Crippen LogP contribution is -2.38. The summed E-state index contributed by atoms with van der Waals surface area (Å²) in [5.74, 6) is -0.455. The Morgan fingerprint density at radius 2 is 1.92 bits per heavy atom. The molecule has 1 aromatic carbocycles. The molecule has 0 radical (unpaired) electrons. The Morgan fingerprint density at radius 3 is 2.54 bits per heavy atom. The first kappa shape index (κ1) is 20.2. The Kier molecular flexibility index (Phi) is 6.99. The third-order valence-corrected chi connectivity index (χ3v) is 3.88. The van der Waals surface area contributed by atoms with Crippen LogP contribution in [0, 0.1) is 0 Å². The minimum Gasteiger partial charge on any atom is -0.458 e. The molecule has 0 aromatic heterocycles. The van der Waals surface area contributed by atoms with Crippen LogP contribution in [0.25, 0.3) is 0 Å². The number of carbonyl (C=O) groups excluding carboxylic acids is 2. The Bertz CT molecular complexity index is 598. The molecule has 0 unspecified atom stereocenters. The maximum atomic E-state index is 12.3. The van der Waals surface area contributed by atoms with Crippen LogP contribution in [-0.2, 0) is 25.6 Å². The largest absolute Gasteiger partial charge is 0.458 e. The van der Waals surface area contributed by atoms with E-state index in [9.17, 15) is 14.7 Å². The van der Waals surface area contributed by atoms with Gasteiger partial charge in [-0.15, -0.1) is 0 Å². The van der Waals surface area contributed by atoms with Crippen molar-refractivity contribution in [2.45, 2.75) is 51.5 Å². The van der Waals surface area contributed by atoms with Gasteiger partial charge >= 0.3 is 12.1 Å². The standard InChI is InChI=1S/C19H27NO6/c1-19(2,3)26-17(22)13-24-16-9-15(11-21)20(10-16)18(23)25-12-14-7-5-4-6-8-14/h4-8,15-16,21H,9-13H2,1-3H3/t15-,16+/m0/s1.